The minimum atomic E-state index is -4.60. The summed E-state index contributed by atoms with van der Waals surface area (Å²) >= 11 is 0. The van der Waals surface area contributed by atoms with Gasteiger partial charge in [-0.3, -0.25) is 4.99 Å². The highest BCUT2D eigenvalue weighted by Crippen LogP contribution is 2.39. The Morgan fingerprint density at radius 3 is 2.40 bits per heavy atom. The lowest BCUT2D eigenvalue weighted by atomic mass is 10.1. The number of rotatable bonds is 6. The van der Waals surface area contributed by atoms with Crippen LogP contribution in [0.4, 0.5) is 23.2 Å². The van der Waals surface area contributed by atoms with Crippen LogP contribution in [0.5, 0.6) is 23.0 Å². The summed E-state index contributed by atoms with van der Waals surface area (Å²) in [6, 6.07) is 12.9. The van der Waals surface area contributed by atoms with Crippen molar-refractivity contribution in [2.24, 2.45) is 4.99 Å². The van der Waals surface area contributed by atoms with Crippen molar-refractivity contribution in [1.29, 1.82) is 0 Å². The zero-order chi connectivity index (χ0) is 21.7. The molecular weight excluding hydrogens is 402 g/mol. The predicted molar refractivity (Wildman–Crippen MR) is 104 cm³/mol. The second-order valence-electron chi connectivity index (χ2n) is 6.10. The third-order valence-electron chi connectivity index (χ3n) is 4.02. The molecular formula is C22H17F4NO3. The molecule has 0 fully saturated rings. The molecule has 0 unspecified atom stereocenters. The number of phenols is 1. The van der Waals surface area contributed by atoms with E-state index in [2.05, 4.69) is 4.99 Å². The Morgan fingerprint density at radius 2 is 1.70 bits per heavy atom. The van der Waals surface area contributed by atoms with Crippen molar-refractivity contribution in [3.63, 3.8) is 0 Å². The summed E-state index contributed by atoms with van der Waals surface area (Å²) in [7, 11) is 0. The Balaban J connectivity index is 2.02. The molecule has 0 atom stereocenters. The molecule has 0 heterocycles. The number of benzene rings is 3. The van der Waals surface area contributed by atoms with Gasteiger partial charge in [-0.2, -0.15) is 13.2 Å². The van der Waals surface area contributed by atoms with Crippen LogP contribution in [0.1, 0.15) is 18.1 Å². The van der Waals surface area contributed by atoms with Gasteiger partial charge >= 0.3 is 6.18 Å². The number of hydrogen-bond acceptors (Lipinski definition) is 4. The monoisotopic (exact) mass is 419 g/mol. The first-order valence-corrected chi connectivity index (χ1v) is 8.92. The lowest BCUT2D eigenvalue weighted by molar-refractivity contribution is -0.137. The van der Waals surface area contributed by atoms with Crippen molar-refractivity contribution in [1.82, 2.24) is 0 Å². The summed E-state index contributed by atoms with van der Waals surface area (Å²) in [5.74, 6) is -0.894. The largest absolute Gasteiger partial charge is 0.504 e. The molecule has 0 aliphatic heterocycles. The number of alkyl halides is 3. The quantitative estimate of drug-likeness (QED) is 0.367. The Kier molecular flexibility index (Phi) is 6.25. The molecule has 0 radical (unpaired) electrons. The van der Waals surface area contributed by atoms with Gasteiger partial charge in [-0.05, 0) is 49.4 Å². The number of aromatic hydroxyl groups is 1. The maximum atomic E-state index is 13.9. The second kappa shape index (κ2) is 8.86. The number of ether oxygens (including phenoxy) is 2. The Morgan fingerprint density at radius 1 is 0.967 bits per heavy atom. The summed E-state index contributed by atoms with van der Waals surface area (Å²) in [5, 5.41) is 10.2. The first-order valence-electron chi connectivity index (χ1n) is 8.92. The van der Waals surface area contributed by atoms with E-state index in [-0.39, 0.29) is 34.2 Å². The minimum absolute atomic E-state index is 0.0789. The van der Waals surface area contributed by atoms with Crippen LogP contribution in [0.2, 0.25) is 0 Å². The topological polar surface area (TPSA) is 51.0 Å². The fraction of sp³-hybridized carbons (Fsp3) is 0.136. The second-order valence-corrected chi connectivity index (χ2v) is 6.10. The molecule has 0 aliphatic rings. The van der Waals surface area contributed by atoms with Crippen LogP contribution in [0.3, 0.4) is 0 Å². The van der Waals surface area contributed by atoms with Crippen LogP contribution in [-0.4, -0.2) is 17.9 Å². The zero-order valence-corrected chi connectivity index (χ0v) is 15.8. The van der Waals surface area contributed by atoms with Crippen molar-refractivity contribution >= 4 is 11.9 Å². The molecule has 0 saturated heterocycles. The van der Waals surface area contributed by atoms with E-state index >= 15 is 0 Å². The Bertz CT molecular complexity index is 1060. The van der Waals surface area contributed by atoms with Crippen LogP contribution in [-0.2, 0) is 6.18 Å². The van der Waals surface area contributed by atoms with Crippen LogP contribution in [0, 0.1) is 5.82 Å². The van der Waals surface area contributed by atoms with E-state index in [0.29, 0.717) is 6.61 Å². The fourth-order valence-electron chi connectivity index (χ4n) is 2.58. The van der Waals surface area contributed by atoms with Crippen molar-refractivity contribution in [2.45, 2.75) is 13.1 Å². The number of aliphatic imine (C=N–C) groups is 1. The van der Waals surface area contributed by atoms with E-state index in [1.165, 1.54) is 36.5 Å². The zero-order valence-electron chi connectivity index (χ0n) is 15.8. The molecule has 3 aromatic carbocycles. The molecule has 1 N–H and O–H groups in total. The number of nitrogens with zero attached hydrogens (tertiary/aromatic N) is 1. The summed E-state index contributed by atoms with van der Waals surface area (Å²) in [6.07, 6.45) is -3.42. The van der Waals surface area contributed by atoms with Crippen molar-refractivity contribution < 1.29 is 32.1 Å². The molecule has 3 aromatic rings. The molecule has 0 saturated carbocycles. The molecule has 0 aromatic heterocycles. The smallest absolute Gasteiger partial charge is 0.416 e. The third-order valence-corrected chi connectivity index (χ3v) is 4.02. The van der Waals surface area contributed by atoms with Gasteiger partial charge in [0.1, 0.15) is 5.69 Å². The summed E-state index contributed by atoms with van der Waals surface area (Å²) < 4.78 is 64.1. The average molecular weight is 419 g/mol. The molecule has 0 amide bonds. The van der Waals surface area contributed by atoms with E-state index in [1.807, 2.05) is 0 Å². The van der Waals surface area contributed by atoms with Crippen LogP contribution in [0.25, 0.3) is 0 Å². The number of para-hydroxylation sites is 2. The van der Waals surface area contributed by atoms with Gasteiger partial charge in [-0.25, -0.2) is 4.39 Å². The van der Waals surface area contributed by atoms with Gasteiger partial charge in [0.05, 0.1) is 12.2 Å². The van der Waals surface area contributed by atoms with Crippen molar-refractivity contribution in [3.05, 3.63) is 77.6 Å². The van der Waals surface area contributed by atoms with Gasteiger partial charge in [0.2, 0.25) is 0 Å². The van der Waals surface area contributed by atoms with E-state index in [4.69, 9.17) is 9.47 Å². The highest BCUT2D eigenvalue weighted by atomic mass is 19.4. The van der Waals surface area contributed by atoms with Gasteiger partial charge in [0.15, 0.2) is 28.8 Å². The van der Waals surface area contributed by atoms with Gasteiger partial charge in [0, 0.05) is 11.8 Å². The van der Waals surface area contributed by atoms with E-state index in [1.54, 1.807) is 19.1 Å². The first kappa shape index (κ1) is 21.2. The molecule has 0 spiro atoms. The van der Waals surface area contributed by atoms with Crippen molar-refractivity contribution in [3.8, 4) is 23.0 Å². The van der Waals surface area contributed by atoms with Crippen LogP contribution >= 0.6 is 0 Å². The van der Waals surface area contributed by atoms with Crippen LogP contribution < -0.4 is 9.47 Å². The fourth-order valence-corrected chi connectivity index (χ4v) is 2.58. The van der Waals surface area contributed by atoms with Crippen LogP contribution in [0.15, 0.2) is 65.7 Å². The molecule has 4 nitrogen and oxygen atoms in total. The van der Waals surface area contributed by atoms with E-state index < -0.39 is 17.6 Å². The number of halogens is 4. The molecule has 0 aliphatic carbocycles. The standard InChI is InChI=1S/C22H17F4NO3/c1-2-29-20-9-5-6-14(21(20)28)13-27-17-12-15(22(24,25)26)10-11-19(17)30-18-8-4-3-7-16(18)23/h3-13,28H,2H2,1H3. The molecule has 3 rings (SSSR count). The normalized spacial score (nSPS) is 11.6. The molecule has 30 heavy (non-hydrogen) atoms. The van der Waals surface area contributed by atoms with Crippen molar-refractivity contribution in [2.75, 3.05) is 6.61 Å². The maximum Gasteiger partial charge on any atom is 0.416 e. The van der Waals surface area contributed by atoms with Gasteiger partial charge < -0.3 is 14.6 Å². The highest BCUT2D eigenvalue weighted by Gasteiger charge is 2.31. The third kappa shape index (κ3) is 4.89. The lowest BCUT2D eigenvalue weighted by Crippen LogP contribution is -2.04. The van der Waals surface area contributed by atoms with Gasteiger partial charge in [0.25, 0.3) is 0 Å². The maximum absolute atomic E-state index is 13.9. The first-order chi connectivity index (χ1) is 14.3. The summed E-state index contributed by atoms with van der Waals surface area (Å²) in [6.45, 7) is 2.07. The summed E-state index contributed by atoms with van der Waals surface area (Å²) in [4.78, 5) is 4.05. The molecule has 156 valence electrons. The van der Waals surface area contributed by atoms with Gasteiger partial charge in [-0.15, -0.1) is 0 Å². The van der Waals surface area contributed by atoms with E-state index in [0.717, 1.165) is 18.2 Å². The lowest BCUT2D eigenvalue weighted by Gasteiger charge is -2.12. The van der Waals surface area contributed by atoms with Gasteiger partial charge in [-0.1, -0.05) is 18.2 Å². The van der Waals surface area contributed by atoms with E-state index in [9.17, 15) is 22.7 Å². The molecule has 0 bridgehead atoms. The molecule has 8 heteroatoms. The highest BCUT2D eigenvalue weighted by molar-refractivity contribution is 5.87. The average Bonchev–Trinajstić information content (AvgIpc) is 2.70. The Hall–Kier alpha value is -3.55. The SMILES string of the molecule is CCOc1cccc(C=Nc2cc(C(F)(F)F)ccc2Oc2ccccc2F)c1O. The summed E-state index contributed by atoms with van der Waals surface area (Å²) in [5.41, 5.74) is -0.896. The number of hydrogen-bond donors (Lipinski definition) is 1. The Labute approximate surface area is 170 Å². The minimum Gasteiger partial charge on any atom is -0.504 e. The number of phenolic OH excluding ortho intramolecular Hbond substituents is 1. The predicted octanol–water partition coefficient (Wildman–Crippen LogP) is 6.49.